The highest BCUT2D eigenvalue weighted by atomic mass is 16.6. The predicted octanol–water partition coefficient (Wildman–Crippen LogP) is 0.307. The SMILES string of the molecule is O=C(O)COCC(=O)NCCOCCOCCOCCOCCOCCOCCOCCOc1ccc([N+](=O)[O-])cc1. The van der Waals surface area contributed by atoms with E-state index in [4.69, 9.17) is 43.0 Å². The lowest BCUT2D eigenvalue weighted by Crippen LogP contribution is -2.31. The maximum Gasteiger partial charge on any atom is 0.329 e. The van der Waals surface area contributed by atoms with Crippen LogP contribution in [0.3, 0.4) is 0 Å². The molecule has 0 heterocycles. The molecule has 0 aliphatic carbocycles. The Kier molecular flexibility index (Phi) is 23.7. The van der Waals surface area contributed by atoms with Crippen LogP contribution in [0.15, 0.2) is 24.3 Å². The minimum absolute atomic E-state index is 0.0159. The predicted molar refractivity (Wildman–Crippen MR) is 146 cm³/mol. The van der Waals surface area contributed by atoms with E-state index in [0.717, 1.165) is 0 Å². The van der Waals surface area contributed by atoms with Crippen LogP contribution < -0.4 is 10.1 Å². The summed E-state index contributed by atoms with van der Waals surface area (Å²) in [5.41, 5.74) is 0.0159. The fourth-order valence-electron chi connectivity index (χ4n) is 2.85. The van der Waals surface area contributed by atoms with Gasteiger partial charge in [-0.25, -0.2) is 4.79 Å². The molecule has 0 radical (unpaired) electrons. The Balaban J connectivity index is 1.70. The lowest BCUT2D eigenvalue weighted by molar-refractivity contribution is -0.384. The molecule has 0 fully saturated rings. The number of carbonyl (C=O) groups is 2. The average molecular weight is 607 g/mol. The van der Waals surface area contributed by atoms with E-state index in [1.807, 2.05) is 0 Å². The Hall–Kier alpha value is -2.96. The number of carbonyl (C=O) groups excluding carboxylic acids is 1. The summed E-state index contributed by atoms with van der Waals surface area (Å²) in [7, 11) is 0. The standard InChI is InChI=1S/C26H42N2O14/c29-25(21-41-22-26(30)31)27-5-6-34-7-8-35-9-10-36-11-12-37-13-14-38-15-16-39-17-18-40-19-20-42-24-3-1-23(2-4-24)28(32)33/h1-4H,5-22H2,(H,27,29)(H,30,31). The number of nitro groups is 1. The molecule has 0 unspecified atom stereocenters. The molecule has 0 bridgehead atoms. The van der Waals surface area contributed by atoms with Crippen molar-refractivity contribution in [3.63, 3.8) is 0 Å². The van der Waals surface area contributed by atoms with Gasteiger partial charge in [0.15, 0.2) is 0 Å². The maximum absolute atomic E-state index is 11.3. The fourth-order valence-corrected chi connectivity index (χ4v) is 2.85. The van der Waals surface area contributed by atoms with E-state index < -0.39 is 23.4 Å². The molecule has 1 rings (SSSR count). The molecular formula is C26H42N2O14. The van der Waals surface area contributed by atoms with Gasteiger partial charge in [0.05, 0.1) is 97.4 Å². The van der Waals surface area contributed by atoms with Crippen molar-refractivity contribution in [2.45, 2.75) is 0 Å². The first-order valence-electron chi connectivity index (χ1n) is 13.5. The quantitative estimate of drug-likeness (QED) is 0.0690. The highest BCUT2D eigenvalue weighted by Gasteiger charge is 2.05. The Labute approximate surface area is 244 Å². The molecule has 240 valence electrons. The molecule has 16 heteroatoms. The zero-order valence-electron chi connectivity index (χ0n) is 23.7. The molecule has 1 amide bonds. The number of nitro benzene ring substituents is 1. The normalized spacial score (nSPS) is 11.0. The monoisotopic (exact) mass is 606 g/mol. The van der Waals surface area contributed by atoms with Crippen LogP contribution in [0.4, 0.5) is 5.69 Å². The van der Waals surface area contributed by atoms with E-state index >= 15 is 0 Å². The smallest absolute Gasteiger partial charge is 0.329 e. The van der Waals surface area contributed by atoms with Crippen LogP contribution in [-0.2, 0) is 47.5 Å². The van der Waals surface area contributed by atoms with E-state index in [1.54, 1.807) is 12.1 Å². The van der Waals surface area contributed by atoms with Gasteiger partial charge < -0.3 is 53.1 Å². The van der Waals surface area contributed by atoms with Crippen LogP contribution in [0.2, 0.25) is 0 Å². The summed E-state index contributed by atoms with van der Waals surface area (Å²) < 4.78 is 47.8. The summed E-state index contributed by atoms with van der Waals surface area (Å²) in [6.07, 6.45) is 0. The second-order valence-electron chi connectivity index (χ2n) is 8.12. The number of amides is 1. The lowest BCUT2D eigenvalue weighted by Gasteiger charge is -2.09. The Bertz CT molecular complexity index is 828. The van der Waals surface area contributed by atoms with Crippen LogP contribution in [-0.4, -0.2) is 141 Å². The van der Waals surface area contributed by atoms with Gasteiger partial charge in [0.2, 0.25) is 5.91 Å². The molecule has 0 aliphatic rings. The van der Waals surface area contributed by atoms with Crippen LogP contribution >= 0.6 is 0 Å². The van der Waals surface area contributed by atoms with Gasteiger partial charge in [-0.2, -0.15) is 0 Å². The molecule has 0 aliphatic heterocycles. The molecule has 1 aromatic rings. The Morgan fingerprint density at radius 3 is 1.43 bits per heavy atom. The van der Waals surface area contributed by atoms with Crippen molar-refractivity contribution in [1.82, 2.24) is 5.32 Å². The topological polar surface area (TPSA) is 193 Å². The fraction of sp³-hybridized carbons (Fsp3) is 0.692. The van der Waals surface area contributed by atoms with Gasteiger partial charge in [-0.3, -0.25) is 14.9 Å². The largest absolute Gasteiger partial charge is 0.491 e. The van der Waals surface area contributed by atoms with Crippen LogP contribution in [0.1, 0.15) is 0 Å². The number of carboxylic acids is 1. The van der Waals surface area contributed by atoms with Crippen molar-refractivity contribution in [3.05, 3.63) is 34.4 Å². The van der Waals surface area contributed by atoms with Crippen LogP contribution in [0.5, 0.6) is 5.75 Å². The lowest BCUT2D eigenvalue weighted by atomic mass is 10.3. The van der Waals surface area contributed by atoms with Gasteiger partial charge in [-0.15, -0.1) is 0 Å². The van der Waals surface area contributed by atoms with Crippen LogP contribution in [0.25, 0.3) is 0 Å². The molecular weight excluding hydrogens is 564 g/mol. The molecule has 42 heavy (non-hydrogen) atoms. The number of nitrogens with one attached hydrogen (secondary N) is 1. The summed E-state index contributed by atoms with van der Waals surface area (Å²) in [5.74, 6) is -0.990. The van der Waals surface area contributed by atoms with Crippen molar-refractivity contribution >= 4 is 17.6 Å². The third kappa shape index (κ3) is 23.7. The highest BCUT2D eigenvalue weighted by molar-refractivity contribution is 5.77. The zero-order chi connectivity index (χ0) is 30.5. The van der Waals surface area contributed by atoms with Gasteiger partial charge >= 0.3 is 5.97 Å². The number of hydrogen-bond donors (Lipinski definition) is 2. The third-order valence-corrected chi connectivity index (χ3v) is 4.80. The molecule has 0 saturated heterocycles. The molecule has 0 saturated carbocycles. The second-order valence-corrected chi connectivity index (χ2v) is 8.12. The van der Waals surface area contributed by atoms with E-state index in [-0.39, 0.29) is 12.3 Å². The number of carboxylic acid groups (broad SMARTS) is 1. The van der Waals surface area contributed by atoms with Crippen molar-refractivity contribution in [3.8, 4) is 5.75 Å². The first-order chi connectivity index (χ1) is 20.5. The van der Waals surface area contributed by atoms with Crippen LogP contribution in [0, 0.1) is 10.1 Å². The highest BCUT2D eigenvalue weighted by Crippen LogP contribution is 2.17. The molecule has 2 N–H and O–H groups in total. The maximum atomic E-state index is 11.3. The van der Waals surface area contributed by atoms with Gasteiger partial charge in [-0.05, 0) is 12.1 Å². The number of nitrogens with zero attached hydrogens (tertiary/aromatic N) is 1. The van der Waals surface area contributed by atoms with E-state index in [2.05, 4.69) is 10.1 Å². The van der Waals surface area contributed by atoms with E-state index in [0.29, 0.717) is 111 Å². The van der Waals surface area contributed by atoms with Crippen molar-refractivity contribution in [2.24, 2.45) is 0 Å². The van der Waals surface area contributed by atoms with Crippen molar-refractivity contribution in [2.75, 3.05) is 119 Å². The van der Waals surface area contributed by atoms with Gasteiger partial charge in [0.1, 0.15) is 25.6 Å². The summed E-state index contributed by atoms with van der Waals surface area (Å²) in [5, 5.41) is 21.6. The van der Waals surface area contributed by atoms with Gasteiger partial charge in [0, 0.05) is 18.7 Å². The summed E-state index contributed by atoms with van der Waals surface area (Å²) >= 11 is 0. The second kappa shape index (κ2) is 26.9. The summed E-state index contributed by atoms with van der Waals surface area (Å²) in [6, 6.07) is 5.86. The number of aliphatic carboxylic acids is 1. The number of non-ortho nitro benzene ring substituents is 1. The van der Waals surface area contributed by atoms with Gasteiger partial charge in [0.25, 0.3) is 5.69 Å². The minimum Gasteiger partial charge on any atom is -0.491 e. The first-order valence-corrected chi connectivity index (χ1v) is 13.5. The van der Waals surface area contributed by atoms with Gasteiger partial charge in [-0.1, -0.05) is 0 Å². The summed E-state index contributed by atoms with van der Waals surface area (Å²) in [4.78, 5) is 31.7. The molecule has 0 aromatic heterocycles. The number of benzene rings is 1. The molecule has 1 aromatic carbocycles. The Morgan fingerprint density at radius 1 is 0.619 bits per heavy atom. The third-order valence-electron chi connectivity index (χ3n) is 4.80. The molecule has 0 atom stereocenters. The van der Waals surface area contributed by atoms with Crippen molar-refractivity contribution in [1.29, 1.82) is 0 Å². The van der Waals surface area contributed by atoms with Crippen molar-refractivity contribution < 1.29 is 62.3 Å². The first kappa shape index (κ1) is 37.1. The molecule has 0 spiro atoms. The van der Waals surface area contributed by atoms with E-state index in [9.17, 15) is 19.7 Å². The number of hydrogen-bond acceptors (Lipinski definition) is 13. The summed E-state index contributed by atoms with van der Waals surface area (Å²) in [6.45, 7) is 5.63. The number of ether oxygens (including phenoxy) is 9. The minimum atomic E-state index is -1.13. The van der Waals surface area contributed by atoms with E-state index in [1.165, 1.54) is 12.1 Å². The zero-order valence-corrected chi connectivity index (χ0v) is 23.7. The molecule has 16 nitrogen and oxygen atoms in total. The number of rotatable bonds is 30. The average Bonchev–Trinajstić information content (AvgIpc) is 2.97. The Morgan fingerprint density at radius 2 is 1.02 bits per heavy atom.